The van der Waals surface area contributed by atoms with Crippen LogP contribution in [0.15, 0.2) is 24.4 Å². The number of nitrogens with zero attached hydrogens (tertiary/aromatic N) is 2. The Bertz CT molecular complexity index is 883. The minimum Gasteiger partial charge on any atom is -0.396 e. The van der Waals surface area contributed by atoms with Crippen LogP contribution in [-0.2, 0) is 11.2 Å². The topological polar surface area (TPSA) is 98.3 Å². The van der Waals surface area contributed by atoms with E-state index < -0.39 is 24.5 Å². The van der Waals surface area contributed by atoms with Crippen molar-refractivity contribution >= 4 is 10.9 Å². The van der Waals surface area contributed by atoms with Crippen LogP contribution in [0.5, 0.6) is 0 Å². The van der Waals surface area contributed by atoms with Crippen molar-refractivity contribution in [2.24, 2.45) is 5.92 Å². The minimum atomic E-state index is -1.11. The van der Waals surface area contributed by atoms with Gasteiger partial charge in [-0.05, 0) is 43.0 Å². The number of hydrogen-bond acceptors (Lipinski definition) is 6. The third-order valence-corrected chi connectivity index (χ3v) is 7.01. The van der Waals surface area contributed by atoms with E-state index in [1.54, 1.807) is 0 Å². The summed E-state index contributed by atoms with van der Waals surface area (Å²) in [4.78, 5) is 2.36. The maximum absolute atomic E-state index is 10.5. The number of aliphatic hydroxyl groups is 4. The van der Waals surface area contributed by atoms with Crippen molar-refractivity contribution in [1.82, 2.24) is 9.47 Å². The molecule has 0 amide bonds. The van der Waals surface area contributed by atoms with Crippen LogP contribution >= 0.6 is 0 Å². The summed E-state index contributed by atoms with van der Waals surface area (Å²) in [5.41, 5.74) is 3.49. The molecule has 28 heavy (non-hydrogen) atoms. The number of likely N-dealkylation sites (tertiary alicyclic amines) is 1. The minimum absolute atomic E-state index is 0.208. The molecule has 0 saturated carbocycles. The normalized spacial score (nSPS) is 38.1. The highest BCUT2D eigenvalue weighted by Gasteiger charge is 2.45. The van der Waals surface area contributed by atoms with Crippen LogP contribution in [0.1, 0.15) is 29.7 Å². The third kappa shape index (κ3) is 2.58. The zero-order valence-electron chi connectivity index (χ0n) is 16.0. The molecule has 2 aliphatic heterocycles. The van der Waals surface area contributed by atoms with Crippen molar-refractivity contribution in [3.63, 3.8) is 0 Å². The molecule has 4 N–H and O–H groups in total. The summed E-state index contributed by atoms with van der Waals surface area (Å²) >= 11 is 0. The first kappa shape index (κ1) is 18.5. The van der Waals surface area contributed by atoms with E-state index in [1.165, 1.54) is 16.5 Å². The average Bonchev–Trinajstić information content (AvgIpc) is 3.21. The summed E-state index contributed by atoms with van der Waals surface area (Å²) in [7, 11) is 2.13. The molecule has 2 aromatic rings. The zero-order valence-corrected chi connectivity index (χ0v) is 16.0. The number of aromatic nitrogens is 1. The Kier molecular flexibility index (Phi) is 4.50. The van der Waals surface area contributed by atoms with Crippen molar-refractivity contribution in [2.75, 3.05) is 26.8 Å². The molecule has 7 nitrogen and oxygen atoms in total. The molecule has 0 radical (unpaired) electrons. The highest BCUT2D eigenvalue weighted by Crippen LogP contribution is 2.46. The van der Waals surface area contributed by atoms with Crippen molar-refractivity contribution in [1.29, 1.82) is 0 Å². The predicted octanol–water partition coefficient (Wildman–Crippen LogP) is 0.205. The smallest absolute Gasteiger partial charge is 0.163 e. The van der Waals surface area contributed by atoms with Crippen LogP contribution in [-0.4, -0.2) is 81.1 Å². The van der Waals surface area contributed by atoms with Crippen LogP contribution in [0.3, 0.4) is 0 Å². The first-order chi connectivity index (χ1) is 13.5. The fraction of sp³-hybridized carbons (Fsp3) is 0.619. The van der Waals surface area contributed by atoms with E-state index in [1.807, 2.05) is 22.9 Å². The fourth-order valence-corrected chi connectivity index (χ4v) is 5.64. The van der Waals surface area contributed by atoms with Gasteiger partial charge in [0, 0.05) is 36.7 Å². The van der Waals surface area contributed by atoms with E-state index in [0.717, 1.165) is 24.9 Å². The molecule has 1 aromatic heterocycles. The lowest BCUT2D eigenvalue weighted by atomic mass is 9.72. The second kappa shape index (κ2) is 6.79. The number of rotatable bonds is 3. The van der Waals surface area contributed by atoms with Gasteiger partial charge in [-0.25, -0.2) is 0 Å². The van der Waals surface area contributed by atoms with E-state index in [0.29, 0.717) is 12.0 Å². The molecule has 0 unspecified atom stereocenters. The van der Waals surface area contributed by atoms with E-state index >= 15 is 0 Å². The van der Waals surface area contributed by atoms with E-state index in [2.05, 4.69) is 18.0 Å². The Morgan fingerprint density at radius 2 is 1.96 bits per heavy atom. The monoisotopic (exact) mass is 388 g/mol. The fourth-order valence-electron chi connectivity index (χ4n) is 5.64. The molecule has 3 aliphatic rings. The zero-order chi connectivity index (χ0) is 19.6. The molecule has 7 heteroatoms. The van der Waals surface area contributed by atoms with Gasteiger partial charge in [-0.15, -0.1) is 0 Å². The number of likely N-dealkylation sites (N-methyl/N-ethyl adjacent to an activating group) is 1. The SMILES string of the molecule is CN1C[C@H](CO)C[C@@H]2c3cccc4c3c(cn4[C@@H]3O[C@H](CO)[C@@H](O)[C@H]3O)C[C@H]21. The summed E-state index contributed by atoms with van der Waals surface area (Å²) in [6.07, 6.45) is 0.223. The average molecular weight is 388 g/mol. The van der Waals surface area contributed by atoms with Gasteiger partial charge in [-0.2, -0.15) is 0 Å². The van der Waals surface area contributed by atoms with Gasteiger partial charge in [0.2, 0.25) is 0 Å². The van der Waals surface area contributed by atoms with Gasteiger partial charge in [-0.1, -0.05) is 12.1 Å². The van der Waals surface area contributed by atoms with Gasteiger partial charge in [0.15, 0.2) is 6.23 Å². The maximum Gasteiger partial charge on any atom is 0.163 e. The molecule has 7 atom stereocenters. The summed E-state index contributed by atoms with van der Waals surface area (Å²) in [5, 5.41) is 41.0. The van der Waals surface area contributed by atoms with Gasteiger partial charge in [0.05, 0.1) is 12.1 Å². The number of aliphatic hydroxyl groups excluding tert-OH is 4. The molecule has 5 rings (SSSR count). The highest BCUT2D eigenvalue weighted by atomic mass is 16.6. The molecule has 3 heterocycles. The van der Waals surface area contributed by atoms with E-state index in [-0.39, 0.29) is 19.1 Å². The lowest BCUT2D eigenvalue weighted by molar-refractivity contribution is -0.0506. The Morgan fingerprint density at radius 1 is 1.14 bits per heavy atom. The van der Waals surface area contributed by atoms with Gasteiger partial charge in [-0.3, -0.25) is 0 Å². The summed E-state index contributed by atoms with van der Waals surface area (Å²) in [5.74, 6) is 0.652. The number of ether oxygens (including phenoxy) is 1. The van der Waals surface area contributed by atoms with E-state index in [9.17, 15) is 20.4 Å². The van der Waals surface area contributed by atoms with Crippen LogP contribution in [0.4, 0.5) is 0 Å². The largest absolute Gasteiger partial charge is 0.396 e. The lowest BCUT2D eigenvalue weighted by Crippen LogP contribution is -2.48. The summed E-state index contributed by atoms with van der Waals surface area (Å²) in [6.45, 7) is 0.780. The Hall–Kier alpha value is -1.48. The molecule has 1 aliphatic carbocycles. The third-order valence-electron chi connectivity index (χ3n) is 7.01. The number of fused-ring (bicyclic) bond motifs is 2. The van der Waals surface area contributed by atoms with Crippen LogP contribution < -0.4 is 0 Å². The van der Waals surface area contributed by atoms with Gasteiger partial charge in [0.1, 0.15) is 18.3 Å². The van der Waals surface area contributed by atoms with Crippen LogP contribution in [0.25, 0.3) is 10.9 Å². The van der Waals surface area contributed by atoms with Gasteiger partial charge < -0.3 is 34.6 Å². The van der Waals surface area contributed by atoms with Crippen molar-refractivity contribution in [2.45, 2.75) is 49.3 Å². The first-order valence-electron chi connectivity index (χ1n) is 10.1. The van der Waals surface area contributed by atoms with Gasteiger partial charge in [0.25, 0.3) is 0 Å². The standard InChI is InChI=1S/C21H28N2O5/c1-22-7-11(9-24)5-14-13-3-2-4-15-18(13)12(6-16(14)22)8-23(15)21-20(27)19(26)17(10-25)28-21/h2-4,8,11,14,16-17,19-21,24-27H,5-7,9-10H2,1H3/t11-,14-,16-,17-,19-,20-,21-/m1/s1. The van der Waals surface area contributed by atoms with Gasteiger partial charge >= 0.3 is 0 Å². The van der Waals surface area contributed by atoms with Crippen LogP contribution in [0, 0.1) is 5.92 Å². The summed E-state index contributed by atoms with van der Waals surface area (Å²) in [6, 6.07) is 6.62. The Balaban J connectivity index is 1.60. The number of benzene rings is 1. The van der Waals surface area contributed by atoms with Crippen molar-refractivity contribution in [3.05, 3.63) is 35.5 Å². The number of hydrogen-bond donors (Lipinski definition) is 4. The molecule has 2 fully saturated rings. The van der Waals surface area contributed by atoms with Crippen molar-refractivity contribution in [3.8, 4) is 0 Å². The predicted molar refractivity (Wildman–Crippen MR) is 103 cm³/mol. The molecular formula is C21H28N2O5. The summed E-state index contributed by atoms with van der Waals surface area (Å²) < 4.78 is 7.71. The molecule has 1 aromatic carbocycles. The molecule has 0 bridgehead atoms. The Morgan fingerprint density at radius 3 is 2.68 bits per heavy atom. The molecule has 2 saturated heterocycles. The van der Waals surface area contributed by atoms with Crippen LogP contribution in [0.2, 0.25) is 0 Å². The quantitative estimate of drug-likeness (QED) is 0.600. The second-order valence-electron chi connectivity index (χ2n) is 8.63. The molecule has 0 spiro atoms. The molecule has 152 valence electrons. The number of piperidine rings is 1. The molecular weight excluding hydrogens is 360 g/mol. The first-order valence-corrected chi connectivity index (χ1v) is 10.1. The Labute approximate surface area is 163 Å². The lowest BCUT2D eigenvalue weighted by Gasteiger charge is -2.45. The van der Waals surface area contributed by atoms with Crippen molar-refractivity contribution < 1.29 is 25.2 Å². The second-order valence-corrected chi connectivity index (χ2v) is 8.63. The van der Waals surface area contributed by atoms with E-state index in [4.69, 9.17) is 4.74 Å². The maximum atomic E-state index is 10.5. The highest BCUT2D eigenvalue weighted by molar-refractivity contribution is 5.89.